The summed E-state index contributed by atoms with van der Waals surface area (Å²) in [6, 6.07) is 20.0. The number of aliphatic imine (C=N–C) groups is 1. The van der Waals surface area contributed by atoms with Gasteiger partial charge in [0, 0.05) is 35.6 Å². The molecular formula is C23H24N4S. The number of amidine groups is 1. The lowest BCUT2D eigenvalue weighted by Gasteiger charge is -2.32. The van der Waals surface area contributed by atoms with Gasteiger partial charge in [0.05, 0.1) is 5.69 Å². The van der Waals surface area contributed by atoms with Gasteiger partial charge in [0.15, 0.2) is 5.17 Å². The van der Waals surface area contributed by atoms with Crippen LogP contribution in [-0.2, 0) is 0 Å². The molecule has 0 spiro atoms. The third-order valence-electron chi connectivity index (χ3n) is 5.72. The first-order chi connectivity index (χ1) is 13.8. The van der Waals surface area contributed by atoms with E-state index in [1.54, 1.807) is 0 Å². The lowest BCUT2D eigenvalue weighted by molar-refractivity contribution is 0.249. The quantitative estimate of drug-likeness (QED) is 0.619. The number of aryl methyl sites for hydroxylation is 1. The first-order valence-electron chi connectivity index (χ1n) is 9.90. The van der Waals surface area contributed by atoms with Crippen LogP contribution in [-0.4, -0.2) is 31.4 Å². The zero-order valence-electron chi connectivity index (χ0n) is 16.2. The summed E-state index contributed by atoms with van der Waals surface area (Å²) < 4.78 is 2.31. The molecule has 5 heteroatoms. The maximum Gasteiger partial charge on any atom is 0.160 e. The van der Waals surface area contributed by atoms with Crippen LogP contribution in [0.5, 0.6) is 0 Å². The van der Waals surface area contributed by atoms with Crippen molar-refractivity contribution in [2.24, 2.45) is 4.99 Å². The zero-order valence-corrected chi connectivity index (χ0v) is 17.0. The van der Waals surface area contributed by atoms with Gasteiger partial charge in [-0.25, -0.2) is 0 Å². The van der Waals surface area contributed by atoms with Crippen molar-refractivity contribution < 1.29 is 0 Å². The maximum absolute atomic E-state index is 5.13. The molecule has 0 saturated carbocycles. The Hall–Kier alpha value is -2.53. The molecule has 3 atom stereocenters. The highest BCUT2D eigenvalue weighted by Gasteiger charge is 2.46. The van der Waals surface area contributed by atoms with Crippen LogP contribution < -0.4 is 0 Å². The normalized spacial score (nSPS) is 23.7. The molecule has 0 unspecified atom stereocenters. The Morgan fingerprint density at radius 2 is 1.93 bits per heavy atom. The molecule has 0 bridgehead atoms. The second-order valence-corrected chi connectivity index (χ2v) is 8.46. The van der Waals surface area contributed by atoms with Gasteiger partial charge >= 0.3 is 0 Å². The first kappa shape index (κ1) is 17.6. The van der Waals surface area contributed by atoms with Gasteiger partial charge in [0.2, 0.25) is 0 Å². The lowest BCUT2D eigenvalue weighted by atomic mass is 9.99. The average Bonchev–Trinajstić information content (AvgIpc) is 3.44. The molecule has 1 saturated heterocycles. The van der Waals surface area contributed by atoms with E-state index in [4.69, 9.17) is 4.99 Å². The fraction of sp³-hybridized carbons (Fsp3) is 0.304. The molecule has 0 radical (unpaired) electrons. The fourth-order valence-electron chi connectivity index (χ4n) is 4.25. The topological polar surface area (TPSA) is 33.4 Å². The molecule has 2 aromatic heterocycles. The van der Waals surface area contributed by atoms with Gasteiger partial charge in [-0.2, -0.15) is 0 Å². The molecule has 5 rings (SSSR count). The second-order valence-electron chi connectivity index (χ2n) is 7.47. The van der Waals surface area contributed by atoms with Crippen molar-refractivity contribution >= 4 is 16.9 Å². The van der Waals surface area contributed by atoms with Gasteiger partial charge < -0.3 is 9.47 Å². The summed E-state index contributed by atoms with van der Waals surface area (Å²) in [5.74, 6) is 1.12. The van der Waals surface area contributed by atoms with Crippen LogP contribution in [0.25, 0.3) is 5.69 Å². The Morgan fingerprint density at radius 3 is 2.68 bits per heavy atom. The molecule has 2 aliphatic rings. The van der Waals surface area contributed by atoms with E-state index < -0.39 is 0 Å². The summed E-state index contributed by atoms with van der Waals surface area (Å²) in [6.07, 6.45) is 5.17. The molecule has 1 aromatic carbocycles. The van der Waals surface area contributed by atoms with Crippen molar-refractivity contribution in [3.05, 3.63) is 83.9 Å². The van der Waals surface area contributed by atoms with E-state index in [0.717, 1.165) is 17.9 Å². The second kappa shape index (κ2) is 7.13. The van der Waals surface area contributed by atoms with Crippen LogP contribution in [0.15, 0.2) is 72.0 Å². The Labute approximate surface area is 170 Å². The van der Waals surface area contributed by atoms with Crippen LogP contribution in [0.1, 0.15) is 42.4 Å². The minimum Gasteiger partial charge on any atom is -0.337 e. The summed E-state index contributed by atoms with van der Waals surface area (Å²) in [6.45, 7) is 4.40. The van der Waals surface area contributed by atoms with E-state index in [2.05, 4.69) is 83.0 Å². The van der Waals surface area contributed by atoms with Crippen LogP contribution >= 0.6 is 11.8 Å². The number of aromatic nitrogens is 2. The van der Waals surface area contributed by atoms with E-state index in [1.807, 2.05) is 24.0 Å². The van der Waals surface area contributed by atoms with Crippen LogP contribution in [0.4, 0.5) is 0 Å². The van der Waals surface area contributed by atoms with Crippen molar-refractivity contribution in [3.63, 3.8) is 0 Å². The van der Waals surface area contributed by atoms with Crippen molar-refractivity contribution in [3.8, 4) is 5.69 Å². The highest BCUT2D eigenvalue weighted by atomic mass is 32.2. The van der Waals surface area contributed by atoms with E-state index >= 15 is 0 Å². The third kappa shape index (κ3) is 2.85. The van der Waals surface area contributed by atoms with E-state index in [0.29, 0.717) is 6.04 Å². The number of rotatable bonds is 4. The lowest BCUT2D eigenvalue weighted by Crippen LogP contribution is -2.36. The largest absolute Gasteiger partial charge is 0.337 e. The van der Waals surface area contributed by atoms with Crippen molar-refractivity contribution in [2.45, 2.75) is 38.4 Å². The number of thioether (sulfide) groups is 1. The molecule has 0 aliphatic carbocycles. The van der Waals surface area contributed by atoms with Gasteiger partial charge in [0.1, 0.15) is 12.1 Å². The van der Waals surface area contributed by atoms with Crippen LogP contribution in [0.2, 0.25) is 0 Å². The summed E-state index contributed by atoms with van der Waals surface area (Å²) in [4.78, 5) is 12.3. The first-order valence-corrected chi connectivity index (χ1v) is 10.9. The molecule has 4 nitrogen and oxygen atoms in total. The van der Waals surface area contributed by atoms with Gasteiger partial charge in [-0.15, -0.1) is 0 Å². The van der Waals surface area contributed by atoms with Crippen molar-refractivity contribution in [1.82, 2.24) is 14.5 Å². The highest BCUT2D eigenvalue weighted by molar-refractivity contribution is 8.14. The van der Waals surface area contributed by atoms with E-state index in [-0.39, 0.29) is 12.1 Å². The summed E-state index contributed by atoms with van der Waals surface area (Å²) >= 11 is 1.89. The number of fused-ring (bicyclic) bond motifs is 1. The van der Waals surface area contributed by atoms with Gasteiger partial charge in [-0.3, -0.25) is 9.98 Å². The number of hydrogen-bond acceptors (Lipinski definition) is 4. The van der Waals surface area contributed by atoms with E-state index in [1.165, 1.54) is 22.1 Å². The smallest absolute Gasteiger partial charge is 0.160 e. The minimum atomic E-state index is 0.0251. The van der Waals surface area contributed by atoms with Gasteiger partial charge in [-0.1, -0.05) is 42.4 Å². The average molecular weight is 389 g/mol. The molecule has 0 N–H and O–H groups in total. The molecule has 142 valence electrons. The molecular weight excluding hydrogens is 364 g/mol. The minimum absolute atomic E-state index is 0.0251. The molecule has 0 amide bonds. The number of hydrogen-bond donors (Lipinski definition) is 0. The molecule has 28 heavy (non-hydrogen) atoms. The molecule has 3 aromatic rings. The zero-order chi connectivity index (χ0) is 19.1. The SMILES string of the molecule is CC[C@H]1CSC2=N[C@@H](c3ccccn3)[C@@H](c3cccn3-c3ccc(C)cc3)N21. The third-order valence-corrected chi connectivity index (χ3v) is 6.85. The Kier molecular flexibility index (Phi) is 4.47. The number of benzene rings is 1. The predicted octanol–water partition coefficient (Wildman–Crippen LogP) is 5.16. The summed E-state index contributed by atoms with van der Waals surface area (Å²) in [7, 11) is 0. The number of pyridine rings is 1. The Bertz CT molecular complexity index is 993. The monoisotopic (exact) mass is 388 g/mol. The predicted molar refractivity (Wildman–Crippen MR) is 116 cm³/mol. The summed E-state index contributed by atoms with van der Waals surface area (Å²) in [5, 5.41) is 1.17. The van der Waals surface area contributed by atoms with Gasteiger partial charge in [0.25, 0.3) is 0 Å². The van der Waals surface area contributed by atoms with Crippen molar-refractivity contribution in [2.75, 3.05) is 5.75 Å². The molecule has 1 fully saturated rings. The standard InChI is InChI=1S/C23H24N4S/c1-3-17-15-28-23-25-21(19-7-4-5-13-24-19)22(27(17)23)20-8-6-14-26(20)18-11-9-16(2)10-12-18/h4-14,17,21-22H,3,15H2,1-2H3/t17-,21-,22+/m0/s1. The van der Waals surface area contributed by atoms with Crippen LogP contribution in [0.3, 0.4) is 0 Å². The Balaban J connectivity index is 1.62. The highest BCUT2D eigenvalue weighted by Crippen LogP contribution is 2.48. The molecule has 4 heterocycles. The Morgan fingerprint density at radius 1 is 1.07 bits per heavy atom. The van der Waals surface area contributed by atoms with E-state index in [9.17, 15) is 0 Å². The number of nitrogens with zero attached hydrogens (tertiary/aromatic N) is 4. The molecule has 2 aliphatic heterocycles. The van der Waals surface area contributed by atoms with Crippen LogP contribution in [0, 0.1) is 6.92 Å². The van der Waals surface area contributed by atoms with Gasteiger partial charge in [-0.05, 0) is 49.7 Å². The summed E-state index contributed by atoms with van der Waals surface area (Å²) in [5.41, 5.74) is 4.79. The maximum atomic E-state index is 5.13. The fourth-order valence-corrected chi connectivity index (χ4v) is 5.58. The van der Waals surface area contributed by atoms with Crippen molar-refractivity contribution in [1.29, 1.82) is 0 Å².